The summed E-state index contributed by atoms with van der Waals surface area (Å²) >= 11 is 0. The number of hydrogen-bond acceptors (Lipinski definition) is 3. The van der Waals surface area contributed by atoms with Crippen molar-refractivity contribution in [1.82, 2.24) is 20.3 Å². The van der Waals surface area contributed by atoms with E-state index in [2.05, 4.69) is 20.3 Å². The third-order valence-electron chi connectivity index (χ3n) is 4.68. The maximum absolute atomic E-state index is 13.2. The van der Waals surface area contributed by atoms with Crippen molar-refractivity contribution in [2.45, 2.75) is 31.0 Å². The fourth-order valence-corrected chi connectivity index (χ4v) is 3.50. The third-order valence-corrected chi connectivity index (χ3v) is 4.68. The molecule has 5 nitrogen and oxygen atoms in total. The van der Waals surface area contributed by atoms with Gasteiger partial charge in [-0.15, -0.1) is 12.4 Å². The average molecular weight is 401 g/mol. The zero-order valence-electron chi connectivity index (χ0n) is 14.3. The van der Waals surface area contributed by atoms with Gasteiger partial charge in [0, 0.05) is 18.2 Å². The van der Waals surface area contributed by atoms with Crippen molar-refractivity contribution < 1.29 is 18.6 Å². The van der Waals surface area contributed by atoms with Crippen LogP contribution in [0.3, 0.4) is 0 Å². The van der Waals surface area contributed by atoms with Gasteiger partial charge < -0.3 is 15.8 Å². The number of piperidine rings is 1. The Hall–Kier alpha value is -2.16. The monoisotopic (exact) mass is 400 g/mol. The zero-order chi connectivity index (χ0) is 17.4. The molecule has 4 N–H and O–H groups in total. The van der Waals surface area contributed by atoms with Gasteiger partial charge in [-0.05, 0) is 31.0 Å². The lowest BCUT2D eigenvalue weighted by Gasteiger charge is -2.30. The van der Waals surface area contributed by atoms with Crippen LogP contribution in [0, 0.1) is 0 Å². The van der Waals surface area contributed by atoms with Crippen LogP contribution in [0.15, 0.2) is 42.6 Å². The number of nitrogens with one attached hydrogen (secondary N) is 2. The molecule has 0 amide bonds. The highest BCUT2D eigenvalue weighted by molar-refractivity contribution is 5.85. The van der Waals surface area contributed by atoms with Crippen molar-refractivity contribution in [3.63, 3.8) is 0 Å². The van der Waals surface area contributed by atoms with Crippen LogP contribution in [-0.4, -0.2) is 27.0 Å². The molecule has 0 bridgehead atoms. The fraction of sp³-hybridized carbons (Fsp3) is 0.333. The molecule has 1 aliphatic heterocycles. The van der Waals surface area contributed by atoms with Crippen LogP contribution in [0.25, 0.3) is 11.0 Å². The predicted molar refractivity (Wildman–Crippen MR) is 98.9 cm³/mol. The van der Waals surface area contributed by atoms with Gasteiger partial charge in [-0.1, -0.05) is 30.3 Å². The van der Waals surface area contributed by atoms with Crippen LogP contribution in [0.1, 0.15) is 41.9 Å². The molecule has 3 aromatic rings. The van der Waals surface area contributed by atoms with E-state index in [0.717, 1.165) is 18.5 Å². The molecular formula is C18H20ClF3N4O. The zero-order valence-corrected chi connectivity index (χ0v) is 15.1. The van der Waals surface area contributed by atoms with Crippen LogP contribution >= 0.6 is 12.4 Å². The summed E-state index contributed by atoms with van der Waals surface area (Å²) in [5.74, 6) is -1.12. The first-order valence-corrected chi connectivity index (χ1v) is 8.23. The molecule has 1 saturated heterocycles. The average Bonchev–Trinajstić information content (AvgIpc) is 3.10. The number of halogens is 4. The maximum Gasteiger partial charge on any atom is 0.451 e. The molecule has 1 fully saturated rings. The molecule has 0 radical (unpaired) electrons. The molecule has 1 aliphatic rings. The van der Waals surface area contributed by atoms with Crippen molar-refractivity contribution in [2.24, 2.45) is 0 Å². The summed E-state index contributed by atoms with van der Waals surface area (Å²) in [6, 6.07) is 11.6. The van der Waals surface area contributed by atoms with Crippen LogP contribution < -0.4 is 5.32 Å². The van der Waals surface area contributed by atoms with E-state index in [1.165, 1.54) is 0 Å². The summed E-state index contributed by atoms with van der Waals surface area (Å²) in [7, 11) is 0. The molecule has 0 aliphatic carbocycles. The Morgan fingerprint density at radius 3 is 2.48 bits per heavy atom. The van der Waals surface area contributed by atoms with Gasteiger partial charge >= 0.3 is 6.18 Å². The van der Waals surface area contributed by atoms with Crippen molar-refractivity contribution in [2.75, 3.05) is 6.54 Å². The normalized spacial score (nSPS) is 20.0. The topological polar surface area (TPSA) is 85.1 Å². The van der Waals surface area contributed by atoms with E-state index in [4.69, 9.17) is 0 Å². The van der Waals surface area contributed by atoms with Gasteiger partial charge in [-0.3, -0.25) is 0 Å². The highest BCUT2D eigenvalue weighted by Gasteiger charge is 2.37. The summed E-state index contributed by atoms with van der Waals surface area (Å²) in [4.78, 5) is 10.6. The lowest BCUT2D eigenvalue weighted by molar-refractivity contribution is -0.144. The minimum atomic E-state index is -4.55. The first kappa shape index (κ1) is 21.1. The van der Waals surface area contributed by atoms with Crippen molar-refractivity contribution in [1.29, 1.82) is 0 Å². The molecule has 2 aromatic heterocycles. The second-order valence-corrected chi connectivity index (χ2v) is 6.31. The minimum absolute atomic E-state index is 0. The van der Waals surface area contributed by atoms with Crippen molar-refractivity contribution in [3.05, 3.63) is 59.7 Å². The summed E-state index contributed by atoms with van der Waals surface area (Å²) in [5, 5.41) is 3.45. The molecule has 2 atom stereocenters. The van der Waals surface area contributed by atoms with E-state index in [1.807, 2.05) is 30.3 Å². The van der Waals surface area contributed by atoms with E-state index in [-0.39, 0.29) is 29.8 Å². The standard InChI is InChI=1S/C18H17F3N4.ClH.H2O/c19-18(20,21)17-24-13-7-9-23-16(13)15(25-17)12-6-8-22-14(10-12)11-4-2-1-3-5-11;;/h1-5,7,9,12,14,22-23H,6,8,10H2;1H;1H2. The Balaban J connectivity index is 0.00000131. The maximum atomic E-state index is 13.2. The Bertz CT molecular complexity index is 885. The number of aromatic amines is 1. The molecule has 146 valence electrons. The number of nitrogens with zero attached hydrogens (tertiary/aromatic N) is 2. The first-order chi connectivity index (χ1) is 12.0. The number of alkyl halides is 3. The van der Waals surface area contributed by atoms with E-state index in [0.29, 0.717) is 23.1 Å². The van der Waals surface area contributed by atoms with Gasteiger partial charge in [0.1, 0.15) is 0 Å². The van der Waals surface area contributed by atoms with Gasteiger partial charge in [0.2, 0.25) is 5.82 Å². The minimum Gasteiger partial charge on any atom is -0.412 e. The first-order valence-electron chi connectivity index (χ1n) is 8.23. The molecule has 2 unspecified atom stereocenters. The molecule has 0 spiro atoms. The molecule has 0 saturated carbocycles. The lowest BCUT2D eigenvalue weighted by atomic mass is 9.86. The van der Waals surface area contributed by atoms with Gasteiger partial charge in [-0.2, -0.15) is 13.2 Å². The fourth-order valence-electron chi connectivity index (χ4n) is 3.50. The number of H-pyrrole nitrogens is 1. The molecule has 1 aromatic carbocycles. The number of aromatic nitrogens is 3. The van der Waals surface area contributed by atoms with Crippen LogP contribution in [0.4, 0.5) is 13.2 Å². The number of fused-ring (bicyclic) bond motifs is 1. The second kappa shape index (κ2) is 8.24. The molecule has 3 heterocycles. The summed E-state index contributed by atoms with van der Waals surface area (Å²) in [6.07, 6.45) is -1.50. The predicted octanol–water partition coefficient (Wildman–Crippen LogP) is 3.78. The van der Waals surface area contributed by atoms with E-state index >= 15 is 0 Å². The van der Waals surface area contributed by atoms with Gasteiger partial charge in [0.25, 0.3) is 0 Å². The van der Waals surface area contributed by atoms with E-state index in [1.54, 1.807) is 12.3 Å². The van der Waals surface area contributed by atoms with Crippen molar-refractivity contribution >= 4 is 23.4 Å². The van der Waals surface area contributed by atoms with E-state index in [9.17, 15) is 13.2 Å². The quantitative estimate of drug-likeness (QED) is 0.686. The van der Waals surface area contributed by atoms with Crippen LogP contribution in [-0.2, 0) is 6.18 Å². The molecule has 27 heavy (non-hydrogen) atoms. The summed E-state index contributed by atoms with van der Waals surface area (Å²) in [6.45, 7) is 0.734. The second-order valence-electron chi connectivity index (χ2n) is 6.31. The SMILES string of the molecule is Cl.FC(F)(F)c1nc(C2CCNC(c3ccccc3)C2)c2[nH]ccc2n1.O. The summed E-state index contributed by atoms with van der Waals surface area (Å²) < 4.78 is 39.5. The van der Waals surface area contributed by atoms with Gasteiger partial charge in [0.15, 0.2) is 0 Å². The molecule has 4 rings (SSSR count). The van der Waals surface area contributed by atoms with Crippen LogP contribution in [0.2, 0.25) is 0 Å². The van der Waals surface area contributed by atoms with E-state index < -0.39 is 12.0 Å². The Labute approximate surface area is 160 Å². The number of rotatable bonds is 2. The highest BCUT2D eigenvalue weighted by atomic mass is 35.5. The summed E-state index contributed by atoms with van der Waals surface area (Å²) in [5.41, 5.74) is 2.52. The molecule has 9 heteroatoms. The number of hydrogen-bond donors (Lipinski definition) is 2. The smallest absolute Gasteiger partial charge is 0.412 e. The Morgan fingerprint density at radius 1 is 1.04 bits per heavy atom. The lowest BCUT2D eigenvalue weighted by Crippen LogP contribution is -2.31. The Morgan fingerprint density at radius 2 is 1.78 bits per heavy atom. The van der Waals surface area contributed by atoms with Crippen LogP contribution in [0.5, 0.6) is 0 Å². The largest absolute Gasteiger partial charge is 0.451 e. The highest BCUT2D eigenvalue weighted by Crippen LogP contribution is 2.37. The van der Waals surface area contributed by atoms with Crippen molar-refractivity contribution in [3.8, 4) is 0 Å². The van der Waals surface area contributed by atoms with Gasteiger partial charge in [0.05, 0.1) is 16.7 Å². The number of benzene rings is 1. The molecular weight excluding hydrogens is 381 g/mol. The Kier molecular flexibility index (Phi) is 6.46. The third kappa shape index (κ3) is 4.23. The van der Waals surface area contributed by atoms with Gasteiger partial charge in [-0.25, -0.2) is 9.97 Å².